The van der Waals surface area contributed by atoms with Gasteiger partial charge in [-0.2, -0.15) is 0 Å². The summed E-state index contributed by atoms with van der Waals surface area (Å²) in [5.41, 5.74) is 4.24. The Kier molecular flexibility index (Phi) is 6.36. The molecule has 0 bridgehead atoms. The summed E-state index contributed by atoms with van der Waals surface area (Å²) in [6, 6.07) is 21.9. The number of aromatic nitrogens is 1. The minimum absolute atomic E-state index is 0.250. The molecule has 3 aromatic carbocycles. The van der Waals surface area contributed by atoms with Gasteiger partial charge in [-0.25, -0.2) is 9.78 Å². The van der Waals surface area contributed by atoms with Crippen LogP contribution in [0, 0.1) is 6.92 Å². The molecule has 0 aliphatic rings. The maximum Gasteiger partial charge on any atom is 0.340 e. The van der Waals surface area contributed by atoms with E-state index in [2.05, 4.69) is 5.32 Å². The number of benzene rings is 3. The second-order valence-electron chi connectivity index (χ2n) is 7.43. The zero-order chi connectivity index (χ0) is 23.4. The second-order valence-corrected chi connectivity index (χ2v) is 7.43. The van der Waals surface area contributed by atoms with Crippen LogP contribution in [0.2, 0.25) is 0 Å². The first-order valence-electron chi connectivity index (χ1n) is 10.6. The number of pyridine rings is 1. The fourth-order valence-corrected chi connectivity index (χ4v) is 3.79. The Bertz CT molecular complexity index is 1330. The van der Waals surface area contributed by atoms with E-state index < -0.39 is 5.97 Å². The Hall–Kier alpha value is -4.19. The number of carbonyl (C=O) groups excluding carboxylic acids is 2. The number of hydrogen-bond acceptors (Lipinski definition) is 5. The van der Waals surface area contributed by atoms with Gasteiger partial charge in [0.2, 0.25) is 0 Å². The highest BCUT2D eigenvalue weighted by atomic mass is 16.5. The lowest BCUT2D eigenvalue weighted by atomic mass is 9.97. The zero-order valence-corrected chi connectivity index (χ0v) is 18.7. The molecule has 0 radical (unpaired) electrons. The highest BCUT2D eigenvalue weighted by Crippen LogP contribution is 2.31. The molecule has 0 aliphatic heterocycles. The maximum absolute atomic E-state index is 13.6. The molecule has 166 valence electrons. The van der Waals surface area contributed by atoms with E-state index in [4.69, 9.17) is 14.5 Å². The average molecular weight is 440 g/mol. The van der Waals surface area contributed by atoms with Gasteiger partial charge < -0.3 is 14.8 Å². The van der Waals surface area contributed by atoms with Crippen LogP contribution in [-0.2, 0) is 4.74 Å². The minimum atomic E-state index is -0.483. The number of amides is 1. The van der Waals surface area contributed by atoms with E-state index in [1.165, 1.54) is 0 Å². The number of methoxy groups -OCH3 is 1. The van der Waals surface area contributed by atoms with Crippen molar-refractivity contribution in [2.45, 2.75) is 13.8 Å². The summed E-state index contributed by atoms with van der Waals surface area (Å²) in [5, 5.41) is 3.64. The van der Waals surface area contributed by atoms with Crippen LogP contribution in [0.3, 0.4) is 0 Å². The normalized spacial score (nSPS) is 10.6. The fourth-order valence-electron chi connectivity index (χ4n) is 3.79. The number of nitrogens with one attached hydrogen (secondary N) is 1. The van der Waals surface area contributed by atoms with E-state index >= 15 is 0 Å². The summed E-state index contributed by atoms with van der Waals surface area (Å²) in [4.78, 5) is 30.7. The number of ether oxygens (including phenoxy) is 2. The van der Waals surface area contributed by atoms with Gasteiger partial charge in [-0.15, -0.1) is 0 Å². The topological polar surface area (TPSA) is 77.5 Å². The molecular weight excluding hydrogens is 416 g/mol. The number of anilines is 1. The van der Waals surface area contributed by atoms with Crippen molar-refractivity contribution in [1.82, 2.24) is 4.98 Å². The molecule has 0 saturated heterocycles. The molecule has 1 N–H and O–H groups in total. The number of hydrogen-bond donors (Lipinski definition) is 1. The molecule has 6 nitrogen and oxygen atoms in total. The lowest BCUT2D eigenvalue weighted by Gasteiger charge is -2.16. The standard InChI is InChI=1S/C27H24N2O4/c1-4-33-27(31)21-10-6-8-12-23(21)29-26(30)24-17(2)25(18-13-15-19(32-3)16-14-18)28-22-11-7-5-9-20(22)24/h5-16H,4H2,1-3H3,(H,29,30). The molecule has 1 amide bonds. The van der Waals surface area contributed by atoms with Crippen molar-refractivity contribution in [3.8, 4) is 17.0 Å². The third kappa shape index (κ3) is 4.41. The van der Waals surface area contributed by atoms with Crippen LogP contribution >= 0.6 is 0 Å². The molecule has 0 fully saturated rings. The first-order valence-corrected chi connectivity index (χ1v) is 10.6. The average Bonchev–Trinajstić information content (AvgIpc) is 2.84. The Morgan fingerprint density at radius 3 is 2.36 bits per heavy atom. The molecule has 0 spiro atoms. The molecule has 33 heavy (non-hydrogen) atoms. The van der Waals surface area contributed by atoms with Gasteiger partial charge in [-0.1, -0.05) is 30.3 Å². The quantitative estimate of drug-likeness (QED) is 0.392. The molecule has 4 aromatic rings. The van der Waals surface area contributed by atoms with Crippen molar-refractivity contribution in [2.75, 3.05) is 19.0 Å². The van der Waals surface area contributed by atoms with E-state index in [-0.39, 0.29) is 12.5 Å². The van der Waals surface area contributed by atoms with Crippen molar-refractivity contribution >= 4 is 28.5 Å². The zero-order valence-electron chi connectivity index (χ0n) is 18.7. The van der Waals surface area contributed by atoms with E-state index in [1.807, 2.05) is 55.5 Å². The third-order valence-electron chi connectivity index (χ3n) is 5.40. The van der Waals surface area contributed by atoms with E-state index in [1.54, 1.807) is 38.3 Å². The Balaban J connectivity index is 1.81. The van der Waals surface area contributed by atoms with Gasteiger partial charge in [-0.3, -0.25) is 4.79 Å². The monoisotopic (exact) mass is 440 g/mol. The first kappa shape index (κ1) is 22.0. The molecule has 0 atom stereocenters. The highest BCUT2D eigenvalue weighted by molar-refractivity contribution is 6.15. The predicted molar refractivity (Wildman–Crippen MR) is 129 cm³/mol. The summed E-state index contributed by atoms with van der Waals surface area (Å²) < 4.78 is 10.4. The number of para-hydroxylation sites is 2. The summed E-state index contributed by atoms with van der Waals surface area (Å²) in [6.07, 6.45) is 0. The molecule has 0 saturated carbocycles. The maximum atomic E-state index is 13.6. The number of rotatable bonds is 6. The lowest BCUT2D eigenvalue weighted by molar-refractivity contribution is 0.0527. The predicted octanol–water partition coefficient (Wildman–Crippen LogP) is 5.65. The van der Waals surface area contributed by atoms with Gasteiger partial charge in [0.15, 0.2) is 0 Å². The van der Waals surface area contributed by atoms with Crippen LogP contribution in [0.5, 0.6) is 5.75 Å². The van der Waals surface area contributed by atoms with Crippen molar-refractivity contribution < 1.29 is 19.1 Å². The number of nitrogens with zero attached hydrogens (tertiary/aromatic N) is 1. The van der Waals surface area contributed by atoms with Crippen molar-refractivity contribution in [3.63, 3.8) is 0 Å². The largest absolute Gasteiger partial charge is 0.497 e. The second kappa shape index (κ2) is 9.53. The van der Waals surface area contributed by atoms with Gasteiger partial charge in [0, 0.05) is 10.9 Å². The van der Waals surface area contributed by atoms with Gasteiger partial charge in [0.25, 0.3) is 5.91 Å². The molecule has 1 heterocycles. The van der Waals surface area contributed by atoms with Gasteiger partial charge >= 0.3 is 5.97 Å². The number of fused-ring (bicyclic) bond motifs is 1. The van der Waals surface area contributed by atoms with Crippen LogP contribution in [-0.4, -0.2) is 30.6 Å². The van der Waals surface area contributed by atoms with Crippen molar-refractivity contribution in [2.24, 2.45) is 0 Å². The van der Waals surface area contributed by atoms with Gasteiger partial charge in [0.1, 0.15) is 5.75 Å². The molecule has 0 aliphatic carbocycles. The van der Waals surface area contributed by atoms with Gasteiger partial charge in [0.05, 0.1) is 41.7 Å². The number of esters is 1. The minimum Gasteiger partial charge on any atom is -0.497 e. The summed E-state index contributed by atoms with van der Waals surface area (Å²) in [6.45, 7) is 3.87. The molecule has 4 rings (SSSR count). The van der Waals surface area contributed by atoms with Crippen molar-refractivity contribution in [1.29, 1.82) is 0 Å². The van der Waals surface area contributed by atoms with Crippen LogP contribution in [0.15, 0.2) is 72.8 Å². The Morgan fingerprint density at radius 2 is 1.64 bits per heavy atom. The molecule has 1 aromatic heterocycles. The molecular formula is C27H24N2O4. The number of carbonyl (C=O) groups is 2. The van der Waals surface area contributed by atoms with Crippen LogP contribution in [0.4, 0.5) is 5.69 Å². The fraction of sp³-hybridized carbons (Fsp3) is 0.148. The Labute approximate surface area is 192 Å². The summed E-state index contributed by atoms with van der Waals surface area (Å²) >= 11 is 0. The first-order chi connectivity index (χ1) is 16.0. The summed E-state index contributed by atoms with van der Waals surface area (Å²) in [5.74, 6) is -0.0630. The lowest BCUT2D eigenvalue weighted by Crippen LogP contribution is -2.18. The third-order valence-corrected chi connectivity index (χ3v) is 5.40. The van der Waals surface area contributed by atoms with Crippen LogP contribution in [0.1, 0.15) is 33.2 Å². The van der Waals surface area contributed by atoms with Crippen molar-refractivity contribution in [3.05, 3.63) is 89.5 Å². The Morgan fingerprint density at radius 1 is 0.939 bits per heavy atom. The van der Waals surface area contributed by atoms with Crippen LogP contribution in [0.25, 0.3) is 22.2 Å². The summed E-state index contributed by atoms with van der Waals surface area (Å²) in [7, 11) is 1.62. The molecule has 0 unspecified atom stereocenters. The van der Waals surface area contributed by atoms with E-state index in [0.29, 0.717) is 28.0 Å². The SMILES string of the molecule is CCOC(=O)c1ccccc1NC(=O)c1c(C)c(-c2ccc(OC)cc2)nc2ccccc12. The van der Waals surface area contributed by atoms with E-state index in [9.17, 15) is 9.59 Å². The highest BCUT2D eigenvalue weighted by Gasteiger charge is 2.21. The smallest absolute Gasteiger partial charge is 0.340 e. The van der Waals surface area contributed by atoms with Crippen LogP contribution < -0.4 is 10.1 Å². The molecule has 6 heteroatoms. The van der Waals surface area contributed by atoms with E-state index in [0.717, 1.165) is 22.3 Å². The van der Waals surface area contributed by atoms with Gasteiger partial charge in [-0.05, 0) is 61.9 Å².